The zero-order chi connectivity index (χ0) is 14.0. The summed E-state index contributed by atoms with van der Waals surface area (Å²) >= 11 is 1.30. The molecule has 0 bridgehead atoms. The number of thiazole rings is 1. The van der Waals surface area contributed by atoms with E-state index in [1.807, 2.05) is 12.1 Å². The SMILES string of the molecule is CC(C)c1ccc(S(=O)(=O)N(C)c2nccs2)cc1. The summed E-state index contributed by atoms with van der Waals surface area (Å²) in [4.78, 5) is 4.31. The number of sulfonamides is 1. The fourth-order valence-electron chi connectivity index (χ4n) is 1.66. The van der Waals surface area contributed by atoms with Gasteiger partial charge in [0, 0.05) is 18.6 Å². The lowest BCUT2D eigenvalue weighted by atomic mass is 10.0. The molecule has 0 unspecified atom stereocenters. The molecule has 0 radical (unpaired) electrons. The molecule has 6 heteroatoms. The van der Waals surface area contributed by atoms with Crippen molar-refractivity contribution in [1.29, 1.82) is 0 Å². The van der Waals surface area contributed by atoms with Crippen molar-refractivity contribution in [3.63, 3.8) is 0 Å². The van der Waals surface area contributed by atoms with E-state index in [1.165, 1.54) is 22.7 Å². The highest BCUT2D eigenvalue weighted by Crippen LogP contribution is 2.24. The maximum absolute atomic E-state index is 12.4. The van der Waals surface area contributed by atoms with Gasteiger partial charge in [0.2, 0.25) is 0 Å². The fourth-order valence-corrected chi connectivity index (χ4v) is 3.64. The standard InChI is InChI=1S/C13H16N2O2S2/c1-10(2)11-4-6-12(7-5-11)19(16,17)15(3)13-14-8-9-18-13/h4-10H,1-3H3. The van der Waals surface area contributed by atoms with E-state index in [2.05, 4.69) is 18.8 Å². The molecule has 0 aliphatic rings. The minimum atomic E-state index is -3.52. The maximum atomic E-state index is 12.4. The molecule has 1 aromatic heterocycles. The summed E-state index contributed by atoms with van der Waals surface area (Å²) in [7, 11) is -2.00. The minimum absolute atomic E-state index is 0.287. The van der Waals surface area contributed by atoms with Gasteiger partial charge in [0.1, 0.15) is 0 Å². The molecule has 1 heterocycles. The van der Waals surface area contributed by atoms with Gasteiger partial charge < -0.3 is 0 Å². The van der Waals surface area contributed by atoms with Crippen molar-refractivity contribution in [3.05, 3.63) is 41.4 Å². The number of hydrogen-bond donors (Lipinski definition) is 0. The van der Waals surface area contributed by atoms with Crippen LogP contribution in [0.1, 0.15) is 25.3 Å². The third-order valence-electron chi connectivity index (χ3n) is 2.89. The van der Waals surface area contributed by atoms with E-state index in [-0.39, 0.29) is 4.90 Å². The average molecular weight is 296 g/mol. The largest absolute Gasteiger partial charge is 0.265 e. The van der Waals surface area contributed by atoms with Crippen LogP contribution in [-0.2, 0) is 10.0 Å². The van der Waals surface area contributed by atoms with E-state index in [9.17, 15) is 8.42 Å². The Hall–Kier alpha value is -1.40. The van der Waals surface area contributed by atoms with E-state index in [1.54, 1.807) is 23.7 Å². The maximum Gasteiger partial charge on any atom is 0.265 e. The third kappa shape index (κ3) is 2.79. The number of benzene rings is 1. The number of anilines is 1. The van der Waals surface area contributed by atoms with Crippen LogP contribution < -0.4 is 4.31 Å². The summed E-state index contributed by atoms with van der Waals surface area (Å²) < 4.78 is 26.0. The molecule has 0 saturated heterocycles. The molecule has 1 aromatic carbocycles. The highest BCUT2D eigenvalue weighted by molar-refractivity contribution is 7.93. The predicted octanol–water partition coefficient (Wildman–Crippen LogP) is 3.09. The van der Waals surface area contributed by atoms with Crippen molar-refractivity contribution >= 4 is 26.5 Å². The van der Waals surface area contributed by atoms with Gasteiger partial charge in [-0.3, -0.25) is 0 Å². The molecule has 19 heavy (non-hydrogen) atoms. The normalized spacial score (nSPS) is 11.8. The number of nitrogens with zero attached hydrogens (tertiary/aromatic N) is 2. The van der Waals surface area contributed by atoms with Gasteiger partial charge in [-0.1, -0.05) is 26.0 Å². The van der Waals surface area contributed by atoms with Crippen LogP contribution in [0.4, 0.5) is 5.13 Å². The zero-order valence-corrected chi connectivity index (χ0v) is 12.7. The van der Waals surface area contributed by atoms with Crippen molar-refractivity contribution in [2.75, 3.05) is 11.4 Å². The molecule has 2 aromatic rings. The van der Waals surface area contributed by atoms with Crippen molar-refractivity contribution in [3.8, 4) is 0 Å². The molecule has 0 amide bonds. The summed E-state index contributed by atoms with van der Waals surface area (Å²) in [5.74, 6) is 0.383. The molecule has 0 saturated carbocycles. The first-order valence-corrected chi connectivity index (χ1v) is 8.23. The van der Waals surface area contributed by atoms with Crippen LogP contribution >= 0.6 is 11.3 Å². The molecule has 4 nitrogen and oxygen atoms in total. The van der Waals surface area contributed by atoms with Gasteiger partial charge in [-0.05, 0) is 23.6 Å². The average Bonchev–Trinajstić information content (AvgIpc) is 2.91. The molecule has 0 atom stereocenters. The summed E-state index contributed by atoms with van der Waals surface area (Å²) in [6, 6.07) is 7.00. The Morgan fingerprint density at radius 3 is 2.32 bits per heavy atom. The Morgan fingerprint density at radius 2 is 1.84 bits per heavy atom. The summed E-state index contributed by atoms with van der Waals surface area (Å²) in [6.45, 7) is 4.15. The summed E-state index contributed by atoms with van der Waals surface area (Å²) in [5, 5.41) is 2.22. The van der Waals surface area contributed by atoms with E-state index in [0.717, 1.165) is 5.56 Å². The van der Waals surface area contributed by atoms with Crippen LogP contribution in [0, 0.1) is 0 Å². The smallest absolute Gasteiger partial charge is 0.244 e. The van der Waals surface area contributed by atoms with Crippen molar-refractivity contribution in [2.45, 2.75) is 24.7 Å². The van der Waals surface area contributed by atoms with Crippen LogP contribution in [-0.4, -0.2) is 20.4 Å². The number of hydrogen-bond acceptors (Lipinski definition) is 4. The third-order valence-corrected chi connectivity index (χ3v) is 5.62. The van der Waals surface area contributed by atoms with Crippen LogP contribution in [0.25, 0.3) is 0 Å². The molecular formula is C13H16N2O2S2. The van der Waals surface area contributed by atoms with Crippen molar-refractivity contribution in [2.24, 2.45) is 0 Å². The molecule has 0 fully saturated rings. The highest BCUT2D eigenvalue weighted by Gasteiger charge is 2.22. The molecule has 102 valence electrons. The highest BCUT2D eigenvalue weighted by atomic mass is 32.2. The number of aromatic nitrogens is 1. The van der Waals surface area contributed by atoms with Crippen molar-refractivity contribution in [1.82, 2.24) is 4.98 Å². The second kappa shape index (κ2) is 5.30. The van der Waals surface area contributed by atoms with E-state index < -0.39 is 10.0 Å². The van der Waals surface area contributed by atoms with E-state index >= 15 is 0 Å². The Kier molecular flexibility index (Phi) is 3.91. The van der Waals surface area contributed by atoms with Gasteiger partial charge in [0.25, 0.3) is 10.0 Å². The van der Waals surface area contributed by atoms with E-state index in [4.69, 9.17) is 0 Å². The summed E-state index contributed by atoms with van der Waals surface area (Å²) in [5.41, 5.74) is 1.12. The van der Waals surface area contributed by atoms with Crippen LogP contribution in [0.15, 0.2) is 40.7 Å². The lowest BCUT2D eigenvalue weighted by molar-refractivity contribution is 0.594. The summed E-state index contributed by atoms with van der Waals surface area (Å²) in [6.07, 6.45) is 1.59. The van der Waals surface area contributed by atoms with Gasteiger partial charge in [-0.2, -0.15) is 0 Å². The topological polar surface area (TPSA) is 50.3 Å². The molecule has 0 aliphatic heterocycles. The lowest BCUT2D eigenvalue weighted by Gasteiger charge is -2.16. The molecule has 0 spiro atoms. The number of rotatable bonds is 4. The Balaban J connectivity index is 2.34. The van der Waals surface area contributed by atoms with Gasteiger partial charge in [0.15, 0.2) is 5.13 Å². The van der Waals surface area contributed by atoms with Crippen LogP contribution in [0.5, 0.6) is 0 Å². The first-order valence-electron chi connectivity index (χ1n) is 5.91. The van der Waals surface area contributed by atoms with Crippen molar-refractivity contribution < 1.29 is 8.42 Å². The first kappa shape index (κ1) is 14.0. The van der Waals surface area contributed by atoms with Gasteiger partial charge in [-0.25, -0.2) is 17.7 Å². The van der Waals surface area contributed by atoms with Gasteiger partial charge in [0.05, 0.1) is 4.90 Å². The van der Waals surface area contributed by atoms with Crippen LogP contribution in [0.2, 0.25) is 0 Å². The minimum Gasteiger partial charge on any atom is -0.244 e. The second-order valence-corrected chi connectivity index (χ2v) is 7.35. The van der Waals surface area contributed by atoms with Gasteiger partial charge >= 0.3 is 0 Å². The Labute approximate surface area is 117 Å². The fraction of sp³-hybridized carbons (Fsp3) is 0.308. The lowest BCUT2D eigenvalue weighted by Crippen LogP contribution is -2.26. The Morgan fingerprint density at radius 1 is 1.21 bits per heavy atom. The molecular weight excluding hydrogens is 280 g/mol. The Bertz CT molecular complexity index is 632. The second-order valence-electron chi connectivity index (χ2n) is 4.51. The molecule has 0 N–H and O–H groups in total. The molecule has 2 rings (SSSR count). The van der Waals surface area contributed by atoms with E-state index in [0.29, 0.717) is 11.0 Å². The zero-order valence-electron chi connectivity index (χ0n) is 11.1. The predicted molar refractivity (Wildman–Crippen MR) is 78.2 cm³/mol. The first-order chi connectivity index (χ1) is 8.93. The monoisotopic (exact) mass is 296 g/mol. The van der Waals surface area contributed by atoms with Gasteiger partial charge in [-0.15, -0.1) is 11.3 Å². The van der Waals surface area contributed by atoms with Crippen LogP contribution in [0.3, 0.4) is 0 Å². The quantitative estimate of drug-likeness (QED) is 0.871. The molecule has 0 aliphatic carbocycles.